The number of nitrogens with one attached hydrogen (secondary N) is 1. The number of nitrogens with two attached hydrogens (primary N) is 1. The van der Waals surface area contributed by atoms with Gasteiger partial charge in [-0.05, 0) is 31.7 Å². The van der Waals surface area contributed by atoms with E-state index in [-0.39, 0.29) is 18.0 Å². The molecule has 0 saturated carbocycles. The summed E-state index contributed by atoms with van der Waals surface area (Å²) in [6, 6.07) is -0.116. The number of carbonyl (C=O) groups is 2. The number of piperidine rings is 1. The molecule has 0 aliphatic carbocycles. The first-order valence-electron chi connectivity index (χ1n) is 6.91. The van der Waals surface area contributed by atoms with Crippen LogP contribution in [-0.4, -0.2) is 49.7 Å². The monoisotopic (exact) mass is 271 g/mol. The summed E-state index contributed by atoms with van der Waals surface area (Å²) in [5.74, 6) is 0.101. The molecule has 19 heavy (non-hydrogen) atoms. The lowest BCUT2D eigenvalue weighted by Crippen LogP contribution is -2.53. The van der Waals surface area contributed by atoms with E-state index in [4.69, 9.17) is 5.73 Å². The smallest absolute Gasteiger partial charge is 0.314 e. The summed E-state index contributed by atoms with van der Waals surface area (Å²) in [5, 5.41) is 3.42. The van der Waals surface area contributed by atoms with Crippen LogP contribution >= 0.6 is 0 Å². The topological polar surface area (TPSA) is 84.7 Å². The molecule has 6 nitrogen and oxygen atoms in total. The first-order valence-corrected chi connectivity index (χ1v) is 6.91. The molecule has 3 N–H and O–H groups in total. The van der Waals surface area contributed by atoms with E-state index in [9.17, 15) is 9.59 Å². The standard InChI is InChI=1S/C13H25N3O3/c1-3-6-15-11-7-10(4-5-12(17)19-2)8-16(9-11)13(14)18/h10-11,15H,3-9H2,1-2H3,(H2,14,18). The first-order chi connectivity index (χ1) is 9.06. The lowest BCUT2D eigenvalue weighted by atomic mass is 9.90. The minimum Gasteiger partial charge on any atom is -0.469 e. The molecule has 0 aromatic rings. The van der Waals surface area contributed by atoms with Gasteiger partial charge < -0.3 is 20.7 Å². The predicted molar refractivity (Wildman–Crippen MR) is 72.6 cm³/mol. The molecular weight excluding hydrogens is 246 g/mol. The van der Waals surface area contributed by atoms with Gasteiger partial charge in [-0.25, -0.2) is 4.79 Å². The number of rotatable bonds is 6. The second kappa shape index (κ2) is 7.99. The van der Waals surface area contributed by atoms with Crippen LogP contribution in [0.3, 0.4) is 0 Å². The Bertz CT molecular complexity index is 310. The average Bonchev–Trinajstić information content (AvgIpc) is 2.42. The van der Waals surface area contributed by atoms with Crippen LogP contribution < -0.4 is 11.1 Å². The minimum absolute atomic E-state index is 0.200. The summed E-state index contributed by atoms with van der Waals surface area (Å²) in [6.07, 6.45) is 3.16. The number of esters is 1. The highest BCUT2D eigenvalue weighted by Gasteiger charge is 2.28. The summed E-state index contributed by atoms with van der Waals surface area (Å²) < 4.78 is 4.65. The van der Waals surface area contributed by atoms with Gasteiger partial charge in [-0.15, -0.1) is 0 Å². The molecule has 0 aromatic heterocycles. The van der Waals surface area contributed by atoms with Crippen LogP contribution in [0.1, 0.15) is 32.6 Å². The minimum atomic E-state index is -0.383. The molecule has 0 aromatic carbocycles. The number of likely N-dealkylation sites (tertiary alicyclic amines) is 1. The Morgan fingerprint density at radius 3 is 2.74 bits per heavy atom. The Morgan fingerprint density at radius 1 is 1.42 bits per heavy atom. The first kappa shape index (κ1) is 15.8. The van der Waals surface area contributed by atoms with Crippen molar-refractivity contribution in [3.8, 4) is 0 Å². The number of nitrogens with zero attached hydrogens (tertiary/aromatic N) is 1. The van der Waals surface area contributed by atoms with Crippen molar-refractivity contribution in [3.05, 3.63) is 0 Å². The Hall–Kier alpha value is -1.30. The van der Waals surface area contributed by atoms with Crippen molar-refractivity contribution < 1.29 is 14.3 Å². The third kappa shape index (κ3) is 5.46. The van der Waals surface area contributed by atoms with Gasteiger partial charge in [0.2, 0.25) is 0 Å². The fourth-order valence-electron chi connectivity index (χ4n) is 2.51. The number of methoxy groups -OCH3 is 1. The third-order valence-corrected chi connectivity index (χ3v) is 3.52. The van der Waals surface area contributed by atoms with E-state index >= 15 is 0 Å². The van der Waals surface area contributed by atoms with Crippen LogP contribution in [0.4, 0.5) is 4.79 Å². The zero-order valence-corrected chi connectivity index (χ0v) is 11.9. The van der Waals surface area contributed by atoms with E-state index in [1.807, 2.05) is 0 Å². The predicted octanol–water partition coefficient (Wildman–Crippen LogP) is 0.708. The number of primary amides is 1. The second-order valence-electron chi connectivity index (χ2n) is 5.11. The molecule has 1 saturated heterocycles. The highest BCUT2D eigenvalue weighted by Crippen LogP contribution is 2.21. The van der Waals surface area contributed by atoms with Crippen molar-refractivity contribution in [2.45, 2.75) is 38.6 Å². The number of hydrogen-bond acceptors (Lipinski definition) is 4. The summed E-state index contributed by atoms with van der Waals surface area (Å²) >= 11 is 0. The summed E-state index contributed by atoms with van der Waals surface area (Å²) in [5.41, 5.74) is 5.37. The largest absolute Gasteiger partial charge is 0.469 e. The van der Waals surface area contributed by atoms with Crippen molar-refractivity contribution in [2.75, 3.05) is 26.7 Å². The van der Waals surface area contributed by atoms with Gasteiger partial charge >= 0.3 is 12.0 Å². The summed E-state index contributed by atoms with van der Waals surface area (Å²) in [4.78, 5) is 24.2. The van der Waals surface area contributed by atoms with Crippen LogP contribution in [0.2, 0.25) is 0 Å². The van der Waals surface area contributed by atoms with Gasteiger partial charge in [0.25, 0.3) is 0 Å². The number of amides is 2. The zero-order chi connectivity index (χ0) is 14.3. The van der Waals surface area contributed by atoms with Crippen LogP contribution in [0.15, 0.2) is 0 Å². The van der Waals surface area contributed by atoms with Gasteiger partial charge in [-0.1, -0.05) is 6.92 Å². The highest BCUT2D eigenvalue weighted by molar-refractivity contribution is 5.72. The van der Waals surface area contributed by atoms with Crippen molar-refractivity contribution in [3.63, 3.8) is 0 Å². The number of carbonyl (C=O) groups excluding carboxylic acids is 2. The molecule has 2 amide bonds. The molecule has 0 bridgehead atoms. The Balaban J connectivity index is 2.49. The molecule has 0 spiro atoms. The Kier molecular flexibility index (Phi) is 6.62. The maximum Gasteiger partial charge on any atom is 0.314 e. The van der Waals surface area contributed by atoms with Crippen LogP contribution in [0.25, 0.3) is 0 Å². The molecule has 1 aliphatic rings. The fourth-order valence-corrected chi connectivity index (χ4v) is 2.51. The van der Waals surface area contributed by atoms with Crippen LogP contribution in [-0.2, 0) is 9.53 Å². The van der Waals surface area contributed by atoms with E-state index in [2.05, 4.69) is 17.0 Å². The molecule has 2 unspecified atom stereocenters. The van der Waals surface area contributed by atoms with E-state index in [1.165, 1.54) is 7.11 Å². The zero-order valence-electron chi connectivity index (χ0n) is 11.9. The highest BCUT2D eigenvalue weighted by atomic mass is 16.5. The van der Waals surface area contributed by atoms with Gasteiger partial charge in [0.15, 0.2) is 0 Å². The van der Waals surface area contributed by atoms with Crippen molar-refractivity contribution >= 4 is 12.0 Å². The Labute approximate surface area is 114 Å². The third-order valence-electron chi connectivity index (χ3n) is 3.52. The maximum absolute atomic E-state index is 11.3. The van der Waals surface area contributed by atoms with Crippen molar-refractivity contribution in [1.82, 2.24) is 10.2 Å². The van der Waals surface area contributed by atoms with E-state index in [0.29, 0.717) is 25.4 Å². The molecule has 1 fully saturated rings. The molecule has 0 radical (unpaired) electrons. The lowest BCUT2D eigenvalue weighted by molar-refractivity contribution is -0.141. The lowest BCUT2D eigenvalue weighted by Gasteiger charge is -2.37. The van der Waals surface area contributed by atoms with Crippen molar-refractivity contribution in [2.24, 2.45) is 11.7 Å². The number of urea groups is 1. The Morgan fingerprint density at radius 2 is 2.16 bits per heavy atom. The van der Waals surface area contributed by atoms with Gasteiger partial charge in [0.1, 0.15) is 0 Å². The molecular formula is C13H25N3O3. The summed E-state index contributed by atoms with van der Waals surface area (Å²) in [7, 11) is 1.39. The molecule has 1 heterocycles. The second-order valence-corrected chi connectivity index (χ2v) is 5.11. The van der Waals surface area contributed by atoms with Crippen molar-refractivity contribution in [1.29, 1.82) is 0 Å². The SMILES string of the molecule is CCCNC1CC(CCC(=O)OC)CN(C(N)=O)C1. The average molecular weight is 271 g/mol. The molecule has 2 atom stereocenters. The van der Waals surface area contributed by atoms with E-state index in [0.717, 1.165) is 25.8 Å². The quantitative estimate of drug-likeness (QED) is 0.697. The van der Waals surface area contributed by atoms with Crippen LogP contribution in [0.5, 0.6) is 0 Å². The molecule has 110 valence electrons. The number of ether oxygens (including phenoxy) is 1. The number of hydrogen-bond donors (Lipinski definition) is 2. The molecule has 1 rings (SSSR count). The van der Waals surface area contributed by atoms with Gasteiger partial charge in [0.05, 0.1) is 7.11 Å². The van der Waals surface area contributed by atoms with E-state index < -0.39 is 0 Å². The van der Waals surface area contributed by atoms with Crippen LogP contribution in [0, 0.1) is 5.92 Å². The molecule has 6 heteroatoms. The molecule has 1 aliphatic heterocycles. The van der Waals surface area contributed by atoms with Gasteiger partial charge in [-0.3, -0.25) is 4.79 Å². The normalized spacial score (nSPS) is 23.2. The summed E-state index contributed by atoms with van der Waals surface area (Å²) in [6.45, 7) is 4.33. The maximum atomic E-state index is 11.3. The van der Waals surface area contributed by atoms with E-state index in [1.54, 1.807) is 4.90 Å². The fraction of sp³-hybridized carbons (Fsp3) is 0.846. The van der Waals surface area contributed by atoms with Gasteiger partial charge in [-0.2, -0.15) is 0 Å². The van der Waals surface area contributed by atoms with Gasteiger partial charge in [0, 0.05) is 25.6 Å².